The van der Waals surface area contributed by atoms with Crippen LogP contribution in [0.3, 0.4) is 0 Å². The molecular formula is C23H26ClN3O5S. The lowest BCUT2D eigenvalue weighted by atomic mass is 10.2. The second-order valence-electron chi connectivity index (χ2n) is 7.30. The Hall–Kier alpha value is -2.88. The van der Waals surface area contributed by atoms with E-state index in [-0.39, 0.29) is 22.2 Å². The first-order valence-corrected chi connectivity index (χ1v) is 12.2. The van der Waals surface area contributed by atoms with Gasteiger partial charge < -0.3 is 14.6 Å². The van der Waals surface area contributed by atoms with Gasteiger partial charge in [-0.15, -0.1) is 0 Å². The number of hydrogen-bond donors (Lipinski definition) is 1. The van der Waals surface area contributed by atoms with Crippen molar-refractivity contribution in [2.45, 2.75) is 39.2 Å². The van der Waals surface area contributed by atoms with Crippen LogP contribution in [-0.2, 0) is 16.6 Å². The van der Waals surface area contributed by atoms with Gasteiger partial charge >= 0.3 is 0 Å². The number of anilines is 1. The van der Waals surface area contributed by atoms with Crippen molar-refractivity contribution in [1.29, 1.82) is 0 Å². The van der Waals surface area contributed by atoms with Crippen LogP contribution in [0.5, 0.6) is 5.75 Å². The second-order valence-corrected chi connectivity index (χ2v) is 9.65. The van der Waals surface area contributed by atoms with Crippen LogP contribution in [-0.4, -0.2) is 36.9 Å². The van der Waals surface area contributed by atoms with Crippen molar-refractivity contribution < 1.29 is 22.5 Å². The minimum Gasteiger partial charge on any atom is -0.489 e. The molecule has 2 aromatic carbocycles. The summed E-state index contributed by atoms with van der Waals surface area (Å²) in [4.78, 5) is 12.9. The van der Waals surface area contributed by atoms with Crippen molar-refractivity contribution in [3.63, 3.8) is 0 Å². The van der Waals surface area contributed by atoms with Crippen molar-refractivity contribution in [2.75, 3.05) is 18.4 Å². The summed E-state index contributed by atoms with van der Waals surface area (Å²) in [6.45, 7) is 8.09. The number of sulfonamides is 1. The molecule has 3 rings (SSSR count). The molecule has 0 fully saturated rings. The maximum absolute atomic E-state index is 12.9. The topological polar surface area (TPSA) is 102 Å². The van der Waals surface area contributed by atoms with Crippen LogP contribution in [0, 0.1) is 13.8 Å². The number of nitrogens with one attached hydrogen (secondary N) is 1. The number of benzene rings is 2. The van der Waals surface area contributed by atoms with Crippen LogP contribution < -0.4 is 10.1 Å². The molecule has 33 heavy (non-hydrogen) atoms. The third kappa shape index (κ3) is 5.55. The summed E-state index contributed by atoms with van der Waals surface area (Å²) in [6, 6.07) is 10.9. The molecule has 0 saturated heterocycles. The summed E-state index contributed by atoms with van der Waals surface area (Å²) in [5, 5.41) is 6.82. The molecule has 0 aliphatic heterocycles. The summed E-state index contributed by atoms with van der Waals surface area (Å²) < 4.78 is 37.9. The Balaban J connectivity index is 1.78. The molecule has 8 nitrogen and oxygen atoms in total. The fraction of sp³-hybridized carbons (Fsp3) is 0.304. The summed E-state index contributed by atoms with van der Waals surface area (Å²) in [5.74, 6) is 0.722. The highest BCUT2D eigenvalue weighted by molar-refractivity contribution is 7.89. The fourth-order valence-electron chi connectivity index (χ4n) is 3.26. The van der Waals surface area contributed by atoms with Gasteiger partial charge in [0.25, 0.3) is 5.91 Å². The Morgan fingerprint density at radius 1 is 1.15 bits per heavy atom. The highest BCUT2D eigenvalue weighted by Gasteiger charge is 2.23. The normalized spacial score (nSPS) is 11.6. The Labute approximate surface area is 198 Å². The summed E-state index contributed by atoms with van der Waals surface area (Å²) in [5.41, 5.74) is 2.13. The lowest BCUT2D eigenvalue weighted by molar-refractivity contribution is 0.102. The zero-order chi connectivity index (χ0) is 24.2. The van der Waals surface area contributed by atoms with Crippen molar-refractivity contribution >= 4 is 33.2 Å². The molecule has 1 aromatic heterocycles. The van der Waals surface area contributed by atoms with Crippen LogP contribution in [0.2, 0.25) is 5.02 Å². The number of carbonyl (C=O) groups is 1. The van der Waals surface area contributed by atoms with Gasteiger partial charge in [-0.1, -0.05) is 36.7 Å². The van der Waals surface area contributed by atoms with E-state index in [0.29, 0.717) is 30.2 Å². The number of aromatic nitrogens is 1. The van der Waals surface area contributed by atoms with Crippen LogP contribution in [0.4, 0.5) is 5.69 Å². The number of halogens is 1. The molecule has 1 amide bonds. The summed E-state index contributed by atoms with van der Waals surface area (Å²) in [6.07, 6.45) is 0. The number of hydrogen-bond acceptors (Lipinski definition) is 6. The zero-order valence-corrected chi connectivity index (χ0v) is 20.5. The maximum atomic E-state index is 12.9. The molecule has 1 heterocycles. The first-order valence-electron chi connectivity index (χ1n) is 10.4. The zero-order valence-electron chi connectivity index (χ0n) is 18.9. The van der Waals surface area contributed by atoms with Crippen molar-refractivity contribution in [2.24, 2.45) is 0 Å². The van der Waals surface area contributed by atoms with Gasteiger partial charge in [0.1, 0.15) is 18.1 Å². The number of carbonyl (C=O) groups excluding carboxylic acids is 1. The van der Waals surface area contributed by atoms with E-state index in [1.807, 2.05) is 6.92 Å². The van der Waals surface area contributed by atoms with Gasteiger partial charge in [-0.2, -0.15) is 4.31 Å². The van der Waals surface area contributed by atoms with Crippen LogP contribution in [0.15, 0.2) is 51.9 Å². The third-order valence-electron chi connectivity index (χ3n) is 5.19. The van der Waals surface area contributed by atoms with Gasteiger partial charge in [0.15, 0.2) is 0 Å². The van der Waals surface area contributed by atoms with Gasteiger partial charge in [0.05, 0.1) is 26.9 Å². The molecular weight excluding hydrogens is 466 g/mol. The van der Waals surface area contributed by atoms with Gasteiger partial charge in [0.2, 0.25) is 10.0 Å². The predicted molar refractivity (Wildman–Crippen MR) is 126 cm³/mol. The van der Waals surface area contributed by atoms with Crippen molar-refractivity contribution in [3.8, 4) is 5.75 Å². The SMILES string of the molecule is CCN(CC)S(=O)(=O)c1ccc(Cl)c(NC(=O)c2cccc(OCc3c(C)noc3C)c2)c1. The minimum atomic E-state index is -3.69. The first-order chi connectivity index (χ1) is 15.7. The molecule has 3 aromatic rings. The molecule has 0 unspecified atom stereocenters. The number of amides is 1. The average Bonchev–Trinajstić information content (AvgIpc) is 3.11. The summed E-state index contributed by atoms with van der Waals surface area (Å²) in [7, 11) is -3.69. The Bertz CT molecular complexity index is 1230. The standard InChI is InChI=1S/C23H26ClN3O5S/c1-5-27(6-2)33(29,30)19-10-11-21(24)22(13-19)25-23(28)17-8-7-9-18(12-17)31-14-20-15(3)26-32-16(20)4/h7-13H,5-6,14H2,1-4H3,(H,25,28). The predicted octanol–water partition coefficient (Wildman–Crippen LogP) is 4.81. The molecule has 0 atom stereocenters. The number of aryl methyl sites for hydroxylation is 2. The average molecular weight is 492 g/mol. The molecule has 0 radical (unpaired) electrons. The van der Waals surface area contributed by atoms with E-state index in [1.165, 1.54) is 22.5 Å². The second kappa shape index (κ2) is 10.4. The molecule has 1 N–H and O–H groups in total. The van der Waals surface area contributed by atoms with E-state index < -0.39 is 15.9 Å². The lowest BCUT2D eigenvalue weighted by Gasteiger charge is -2.19. The first kappa shape index (κ1) is 24.8. The fourth-order valence-corrected chi connectivity index (χ4v) is 4.91. The van der Waals surface area contributed by atoms with Crippen molar-refractivity contribution in [3.05, 3.63) is 70.1 Å². The van der Waals surface area contributed by atoms with Crippen molar-refractivity contribution in [1.82, 2.24) is 9.46 Å². The number of ether oxygens (including phenoxy) is 1. The molecule has 176 valence electrons. The van der Waals surface area contributed by atoms with Gasteiger partial charge in [-0.25, -0.2) is 8.42 Å². The number of rotatable bonds is 9. The van der Waals surface area contributed by atoms with Crippen LogP contribution in [0.1, 0.15) is 41.2 Å². The Morgan fingerprint density at radius 3 is 2.52 bits per heavy atom. The third-order valence-corrected chi connectivity index (χ3v) is 7.57. The van der Waals surface area contributed by atoms with E-state index in [0.717, 1.165) is 11.3 Å². The van der Waals surface area contributed by atoms with Gasteiger partial charge in [-0.3, -0.25) is 4.79 Å². The van der Waals surface area contributed by atoms with Crippen LogP contribution in [0.25, 0.3) is 0 Å². The lowest BCUT2D eigenvalue weighted by Crippen LogP contribution is -2.30. The van der Waals surface area contributed by atoms with E-state index >= 15 is 0 Å². The Kier molecular flexibility index (Phi) is 7.78. The minimum absolute atomic E-state index is 0.0578. The smallest absolute Gasteiger partial charge is 0.255 e. The molecule has 0 saturated carbocycles. The summed E-state index contributed by atoms with van der Waals surface area (Å²) >= 11 is 6.23. The van der Waals surface area contributed by atoms with Gasteiger partial charge in [-0.05, 0) is 50.2 Å². The van der Waals surface area contributed by atoms with Gasteiger partial charge in [0, 0.05) is 18.7 Å². The highest BCUT2D eigenvalue weighted by Crippen LogP contribution is 2.28. The van der Waals surface area contributed by atoms with E-state index in [9.17, 15) is 13.2 Å². The van der Waals surface area contributed by atoms with E-state index in [4.69, 9.17) is 20.9 Å². The molecule has 0 spiro atoms. The Morgan fingerprint density at radius 2 is 1.88 bits per heavy atom. The quantitative estimate of drug-likeness (QED) is 0.461. The number of nitrogens with zero attached hydrogens (tertiary/aromatic N) is 2. The molecule has 0 bridgehead atoms. The molecule has 10 heteroatoms. The molecule has 0 aliphatic rings. The highest BCUT2D eigenvalue weighted by atomic mass is 35.5. The molecule has 0 aliphatic carbocycles. The maximum Gasteiger partial charge on any atom is 0.255 e. The van der Waals surface area contributed by atoms with E-state index in [1.54, 1.807) is 45.0 Å². The van der Waals surface area contributed by atoms with Crippen LogP contribution >= 0.6 is 11.6 Å². The van der Waals surface area contributed by atoms with E-state index in [2.05, 4.69) is 10.5 Å². The largest absolute Gasteiger partial charge is 0.489 e. The monoisotopic (exact) mass is 491 g/mol.